The van der Waals surface area contributed by atoms with Crippen LogP contribution < -0.4 is 10.0 Å². The Kier molecular flexibility index (Phi) is 5.32. The minimum absolute atomic E-state index is 0.279. The van der Waals surface area contributed by atoms with Gasteiger partial charge in [0.25, 0.3) is 0 Å². The number of hydrogen-bond donors (Lipinski definition) is 2. The van der Waals surface area contributed by atoms with Crippen LogP contribution in [0.2, 0.25) is 5.02 Å². The maximum Gasteiger partial charge on any atom is 0.209 e. The van der Waals surface area contributed by atoms with Crippen molar-refractivity contribution in [1.29, 1.82) is 0 Å². The molecule has 108 valence electrons. The first kappa shape index (κ1) is 16.4. The standard InChI is InChI=1S/C12H18ClFN2O2S/c1-12(2,16-19(3,17)18)8-15-7-9-6-10(13)4-5-11(9)14/h4-6,15-16H,7-8H2,1-3H3. The highest BCUT2D eigenvalue weighted by Crippen LogP contribution is 2.14. The van der Waals surface area contributed by atoms with Crippen LogP contribution in [0.5, 0.6) is 0 Å². The molecule has 0 atom stereocenters. The quantitative estimate of drug-likeness (QED) is 0.844. The highest BCUT2D eigenvalue weighted by atomic mass is 35.5. The van der Waals surface area contributed by atoms with Gasteiger partial charge in [-0.2, -0.15) is 0 Å². The van der Waals surface area contributed by atoms with E-state index >= 15 is 0 Å². The first-order valence-corrected chi connectivity index (χ1v) is 8.00. The van der Waals surface area contributed by atoms with Gasteiger partial charge in [-0.3, -0.25) is 0 Å². The van der Waals surface area contributed by atoms with Crippen molar-refractivity contribution in [2.75, 3.05) is 12.8 Å². The summed E-state index contributed by atoms with van der Waals surface area (Å²) in [6.07, 6.45) is 1.10. The molecule has 0 aromatic heterocycles. The Labute approximate surface area is 118 Å². The molecule has 0 amide bonds. The molecular formula is C12H18ClFN2O2S. The zero-order valence-electron chi connectivity index (χ0n) is 11.1. The first-order valence-electron chi connectivity index (χ1n) is 5.73. The highest BCUT2D eigenvalue weighted by Gasteiger charge is 2.21. The average molecular weight is 309 g/mol. The van der Waals surface area contributed by atoms with Crippen LogP contribution in [0.1, 0.15) is 19.4 Å². The lowest BCUT2D eigenvalue weighted by atomic mass is 10.1. The number of hydrogen-bond acceptors (Lipinski definition) is 3. The monoisotopic (exact) mass is 308 g/mol. The molecule has 1 aromatic rings. The number of nitrogens with one attached hydrogen (secondary N) is 2. The minimum Gasteiger partial charge on any atom is -0.311 e. The molecule has 4 nitrogen and oxygen atoms in total. The van der Waals surface area contributed by atoms with Gasteiger partial charge in [0.05, 0.1) is 6.26 Å². The van der Waals surface area contributed by atoms with Crippen molar-refractivity contribution in [2.45, 2.75) is 25.9 Å². The second-order valence-electron chi connectivity index (χ2n) is 5.10. The summed E-state index contributed by atoms with van der Waals surface area (Å²) in [6.45, 7) is 4.14. The molecule has 1 aromatic carbocycles. The zero-order chi connectivity index (χ0) is 14.7. The van der Waals surface area contributed by atoms with E-state index in [1.54, 1.807) is 19.9 Å². The van der Waals surface area contributed by atoms with Crippen molar-refractivity contribution in [3.63, 3.8) is 0 Å². The van der Waals surface area contributed by atoms with E-state index in [1.165, 1.54) is 12.1 Å². The summed E-state index contributed by atoms with van der Waals surface area (Å²) in [4.78, 5) is 0. The van der Waals surface area contributed by atoms with Crippen LogP contribution in [-0.2, 0) is 16.6 Å². The molecular weight excluding hydrogens is 291 g/mol. The number of benzene rings is 1. The van der Waals surface area contributed by atoms with Gasteiger partial charge in [0, 0.05) is 29.2 Å². The van der Waals surface area contributed by atoms with E-state index in [0.29, 0.717) is 17.1 Å². The summed E-state index contributed by atoms with van der Waals surface area (Å²) >= 11 is 5.79. The molecule has 0 spiro atoms. The topological polar surface area (TPSA) is 58.2 Å². The Morgan fingerprint density at radius 1 is 1.37 bits per heavy atom. The number of halogens is 2. The molecule has 2 N–H and O–H groups in total. The summed E-state index contributed by atoms with van der Waals surface area (Å²) < 4.78 is 38.3. The van der Waals surface area contributed by atoms with Gasteiger partial charge in [-0.1, -0.05) is 11.6 Å². The SMILES string of the molecule is CC(C)(CNCc1cc(Cl)ccc1F)NS(C)(=O)=O. The van der Waals surface area contributed by atoms with Crippen LogP contribution in [0.25, 0.3) is 0 Å². The largest absolute Gasteiger partial charge is 0.311 e. The van der Waals surface area contributed by atoms with E-state index in [2.05, 4.69) is 10.0 Å². The third-order valence-electron chi connectivity index (χ3n) is 2.35. The second-order valence-corrected chi connectivity index (χ2v) is 7.28. The summed E-state index contributed by atoms with van der Waals surface area (Å²) in [6, 6.07) is 4.33. The number of sulfonamides is 1. The van der Waals surface area contributed by atoms with Gasteiger partial charge in [0.1, 0.15) is 5.82 Å². The Hall–Kier alpha value is -0.690. The van der Waals surface area contributed by atoms with Gasteiger partial charge in [-0.05, 0) is 32.0 Å². The van der Waals surface area contributed by atoms with Crippen LogP contribution >= 0.6 is 11.6 Å². The molecule has 0 aliphatic rings. The van der Waals surface area contributed by atoms with E-state index in [9.17, 15) is 12.8 Å². The molecule has 0 saturated carbocycles. The van der Waals surface area contributed by atoms with Gasteiger partial charge in [0.2, 0.25) is 10.0 Å². The maximum atomic E-state index is 13.5. The average Bonchev–Trinajstić information content (AvgIpc) is 2.19. The maximum absolute atomic E-state index is 13.5. The third kappa shape index (κ3) is 6.33. The fraction of sp³-hybridized carbons (Fsp3) is 0.500. The molecule has 7 heteroatoms. The van der Waals surface area contributed by atoms with Crippen molar-refractivity contribution in [3.8, 4) is 0 Å². The normalized spacial score (nSPS) is 12.7. The van der Waals surface area contributed by atoms with Crippen molar-refractivity contribution in [3.05, 3.63) is 34.6 Å². The van der Waals surface area contributed by atoms with Crippen LogP contribution in [0.4, 0.5) is 4.39 Å². The molecule has 0 fully saturated rings. The minimum atomic E-state index is -3.28. The summed E-state index contributed by atoms with van der Waals surface area (Å²) in [5, 5.41) is 3.47. The fourth-order valence-corrected chi connectivity index (χ4v) is 3.00. The molecule has 0 bridgehead atoms. The molecule has 0 radical (unpaired) electrons. The van der Waals surface area contributed by atoms with Gasteiger partial charge >= 0.3 is 0 Å². The third-order valence-corrected chi connectivity index (χ3v) is 3.51. The summed E-state index contributed by atoms with van der Waals surface area (Å²) in [7, 11) is -3.28. The predicted molar refractivity (Wildman–Crippen MR) is 75.2 cm³/mol. The van der Waals surface area contributed by atoms with E-state index in [-0.39, 0.29) is 12.4 Å². The molecule has 19 heavy (non-hydrogen) atoms. The Morgan fingerprint density at radius 3 is 2.58 bits per heavy atom. The highest BCUT2D eigenvalue weighted by molar-refractivity contribution is 7.88. The molecule has 1 rings (SSSR count). The lowest BCUT2D eigenvalue weighted by Gasteiger charge is -2.25. The van der Waals surface area contributed by atoms with Crippen molar-refractivity contribution < 1.29 is 12.8 Å². The van der Waals surface area contributed by atoms with Crippen molar-refractivity contribution in [2.24, 2.45) is 0 Å². The molecule has 0 unspecified atom stereocenters. The molecule has 0 aliphatic carbocycles. The summed E-state index contributed by atoms with van der Waals surface area (Å²) in [5.41, 5.74) is -0.203. The van der Waals surface area contributed by atoms with Crippen LogP contribution in [0.3, 0.4) is 0 Å². The Balaban J connectivity index is 2.56. The predicted octanol–water partition coefficient (Wildman–Crippen LogP) is 1.90. The summed E-state index contributed by atoms with van der Waals surface area (Å²) in [5.74, 6) is -0.342. The van der Waals surface area contributed by atoms with E-state index in [1.807, 2.05) is 0 Å². The molecule has 0 aliphatic heterocycles. The second kappa shape index (κ2) is 6.17. The Morgan fingerprint density at radius 2 is 2.00 bits per heavy atom. The molecule has 0 saturated heterocycles. The van der Waals surface area contributed by atoms with Crippen LogP contribution in [0, 0.1) is 5.82 Å². The van der Waals surface area contributed by atoms with E-state index in [4.69, 9.17) is 11.6 Å². The lowest BCUT2D eigenvalue weighted by molar-refractivity contribution is 0.418. The fourth-order valence-electron chi connectivity index (χ4n) is 1.73. The van der Waals surface area contributed by atoms with Gasteiger partial charge < -0.3 is 5.32 Å². The molecule has 0 heterocycles. The zero-order valence-corrected chi connectivity index (χ0v) is 12.7. The van der Waals surface area contributed by atoms with Crippen molar-refractivity contribution in [1.82, 2.24) is 10.0 Å². The van der Waals surface area contributed by atoms with Gasteiger partial charge in [-0.15, -0.1) is 0 Å². The van der Waals surface area contributed by atoms with Gasteiger partial charge in [-0.25, -0.2) is 17.5 Å². The van der Waals surface area contributed by atoms with E-state index < -0.39 is 15.6 Å². The van der Waals surface area contributed by atoms with Gasteiger partial charge in [0.15, 0.2) is 0 Å². The lowest BCUT2D eigenvalue weighted by Crippen LogP contribution is -2.49. The van der Waals surface area contributed by atoms with E-state index in [0.717, 1.165) is 6.26 Å². The smallest absolute Gasteiger partial charge is 0.209 e. The number of rotatable bonds is 6. The van der Waals surface area contributed by atoms with Crippen molar-refractivity contribution >= 4 is 21.6 Å². The first-order chi connectivity index (χ1) is 8.59. The van der Waals surface area contributed by atoms with Crippen LogP contribution in [0.15, 0.2) is 18.2 Å². The van der Waals surface area contributed by atoms with Crippen LogP contribution in [-0.4, -0.2) is 26.8 Å². The Bertz CT molecular complexity index is 547.